The van der Waals surface area contributed by atoms with Crippen molar-refractivity contribution in [3.63, 3.8) is 0 Å². The average molecular weight is 327 g/mol. The fraction of sp³-hybridized carbons (Fsp3) is 0.765. The van der Waals surface area contributed by atoms with Gasteiger partial charge in [-0.2, -0.15) is 0 Å². The summed E-state index contributed by atoms with van der Waals surface area (Å²) < 4.78 is 5.13. The summed E-state index contributed by atoms with van der Waals surface area (Å²) in [5.74, 6) is -0.108. The zero-order chi connectivity index (χ0) is 17.7. The van der Waals surface area contributed by atoms with E-state index in [1.807, 2.05) is 26.8 Å². The molecule has 0 spiro atoms. The highest BCUT2D eigenvalue weighted by molar-refractivity contribution is 5.81. The van der Waals surface area contributed by atoms with Crippen molar-refractivity contribution in [3.8, 4) is 0 Å². The molecule has 1 atom stereocenters. The van der Waals surface area contributed by atoms with E-state index in [2.05, 4.69) is 17.2 Å². The van der Waals surface area contributed by atoms with Gasteiger partial charge >= 0.3 is 6.09 Å². The summed E-state index contributed by atoms with van der Waals surface area (Å²) in [6.45, 7) is 10.3. The van der Waals surface area contributed by atoms with Crippen LogP contribution in [0.2, 0.25) is 0 Å². The summed E-state index contributed by atoms with van der Waals surface area (Å²) >= 11 is 0. The van der Waals surface area contributed by atoms with Crippen LogP contribution in [0.3, 0.4) is 0 Å². The van der Waals surface area contributed by atoms with Crippen LogP contribution in [0, 0.1) is 0 Å². The summed E-state index contributed by atoms with van der Waals surface area (Å²) in [5, 5.41) is 5.52. The van der Waals surface area contributed by atoms with Crippen LogP contribution >= 0.6 is 0 Å². The minimum Gasteiger partial charge on any atom is -0.444 e. The first-order valence-corrected chi connectivity index (χ1v) is 8.37. The molecule has 6 heteroatoms. The van der Waals surface area contributed by atoms with Crippen molar-refractivity contribution in [2.75, 3.05) is 13.1 Å². The van der Waals surface area contributed by atoms with Gasteiger partial charge in [0.2, 0.25) is 5.91 Å². The normalized spacial score (nSPS) is 12.3. The number of nitrogens with one attached hydrogen (secondary N) is 2. The number of hydrogen-bond acceptors (Lipinski definition) is 4. The van der Waals surface area contributed by atoms with Crippen molar-refractivity contribution in [3.05, 3.63) is 12.7 Å². The molecule has 0 saturated heterocycles. The monoisotopic (exact) mass is 327 g/mol. The summed E-state index contributed by atoms with van der Waals surface area (Å²) in [6.07, 6.45) is 6.53. The van der Waals surface area contributed by atoms with Crippen LogP contribution in [0.25, 0.3) is 0 Å². The summed E-state index contributed by atoms with van der Waals surface area (Å²) in [5.41, 5.74) is 5.35. The first-order valence-electron chi connectivity index (χ1n) is 8.37. The lowest BCUT2D eigenvalue weighted by molar-refractivity contribution is -0.122. The summed E-state index contributed by atoms with van der Waals surface area (Å²) in [6, 6.07) is -0.490. The first-order chi connectivity index (χ1) is 10.8. The van der Waals surface area contributed by atoms with Gasteiger partial charge in [-0.25, -0.2) is 4.79 Å². The standard InChI is InChI=1S/C17H33N3O3/c1-5-6-7-9-12-19-15(21)14(18)11-8-10-13-20-16(22)23-17(2,3)4/h5,14H,1,6-13,18H2,2-4H3,(H,19,21)(H,20,22)/t14-/m0/s1. The van der Waals surface area contributed by atoms with E-state index in [0.717, 1.165) is 32.1 Å². The molecule has 0 rings (SSSR count). The molecule has 0 aliphatic rings. The van der Waals surface area contributed by atoms with E-state index in [1.165, 1.54) is 0 Å². The zero-order valence-electron chi connectivity index (χ0n) is 14.8. The molecule has 0 heterocycles. The second-order valence-electron chi connectivity index (χ2n) is 6.61. The van der Waals surface area contributed by atoms with Gasteiger partial charge in [-0.1, -0.05) is 6.08 Å². The van der Waals surface area contributed by atoms with Crippen molar-refractivity contribution < 1.29 is 14.3 Å². The molecule has 6 nitrogen and oxygen atoms in total. The van der Waals surface area contributed by atoms with Crippen LogP contribution in [0.5, 0.6) is 0 Å². The van der Waals surface area contributed by atoms with Crippen LogP contribution < -0.4 is 16.4 Å². The minimum absolute atomic E-state index is 0.108. The van der Waals surface area contributed by atoms with E-state index >= 15 is 0 Å². The van der Waals surface area contributed by atoms with Crippen molar-refractivity contribution in [1.82, 2.24) is 10.6 Å². The molecule has 0 bridgehead atoms. The maximum Gasteiger partial charge on any atom is 0.407 e. The number of hydrogen-bond donors (Lipinski definition) is 3. The Morgan fingerprint density at radius 1 is 1.13 bits per heavy atom. The smallest absolute Gasteiger partial charge is 0.407 e. The molecule has 0 radical (unpaired) electrons. The molecule has 134 valence electrons. The molecule has 0 saturated carbocycles. The van der Waals surface area contributed by atoms with Crippen LogP contribution in [-0.2, 0) is 9.53 Å². The van der Waals surface area contributed by atoms with Gasteiger partial charge in [-0.05, 0) is 59.3 Å². The minimum atomic E-state index is -0.490. The molecular formula is C17H33N3O3. The Hall–Kier alpha value is -1.56. The number of rotatable bonds is 11. The third kappa shape index (κ3) is 13.8. The maximum atomic E-state index is 11.8. The molecule has 0 aliphatic heterocycles. The zero-order valence-corrected chi connectivity index (χ0v) is 14.8. The van der Waals surface area contributed by atoms with Gasteiger partial charge in [0, 0.05) is 13.1 Å². The third-order valence-corrected chi connectivity index (χ3v) is 3.08. The van der Waals surface area contributed by atoms with Crippen molar-refractivity contribution in [2.45, 2.75) is 70.9 Å². The average Bonchev–Trinajstić information content (AvgIpc) is 2.44. The molecule has 0 aromatic carbocycles. The predicted molar refractivity (Wildman–Crippen MR) is 93.1 cm³/mol. The molecule has 0 fully saturated rings. The van der Waals surface area contributed by atoms with Crippen LogP contribution in [0.1, 0.15) is 59.3 Å². The van der Waals surface area contributed by atoms with Gasteiger partial charge in [0.1, 0.15) is 5.60 Å². The van der Waals surface area contributed by atoms with Gasteiger partial charge in [-0.15, -0.1) is 6.58 Å². The van der Waals surface area contributed by atoms with E-state index in [9.17, 15) is 9.59 Å². The number of ether oxygens (including phenoxy) is 1. The topological polar surface area (TPSA) is 93.5 Å². The highest BCUT2D eigenvalue weighted by Gasteiger charge is 2.16. The molecule has 2 amide bonds. The van der Waals surface area contributed by atoms with Crippen LogP contribution in [-0.4, -0.2) is 36.7 Å². The summed E-state index contributed by atoms with van der Waals surface area (Å²) in [7, 11) is 0. The molecule has 4 N–H and O–H groups in total. The lowest BCUT2D eigenvalue weighted by atomic mass is 10.1. The lowest BCUT2D eigenvalue weighted by Gasteiger charge is -2.19. The molecule has 23 heavy (non-hydrogen) atoms. The van der Waals surface area contributed by atoms with E-state index < -0.39 is 17.7 Å². The molecule has 0 aromatic rings. The van der Waals surface area contributed by atoms with E-state index in [4.69, 9.17) is 10.5 Å². The van der Waals surface area contributed by atoms with Gasteiger partial charge in [-0.3, -0.25) is 4.79 Å². The van der Waals surface area contributed by atoms with E-state index in [0.29, 0.717) is 19.5 Å². The van der Waals surface area contributed by atoms with Crippen molar-refractivity contribution in [1.29, 1.82) is 0 Å². The predicted octanol–water partition coefficient (Wildman–Crippen LogP) is 2.48. The maximum absolute atomic E-state index is 11.8. The largest absolute Gasteiger partial charge is 0.444 e. The number of unbranched alkanes of at least 4 members (excludes halogenated alkanes) is 3. The van der Waals surface area contributed by atoms with Gasteiger partial charge in [0.05, 0.1) is 6.04 Å². The Bertz CT molecular complexity index is 365. The Labute approximate surface area is 140 Å². The quantitative estimate of drug-likeness (QED) is 0.401. The Morgan fingerprint density at radius 3 is 2.35 bits per heavy atom. The first kappa shape index (κ1) is 21.4. The summed E-state index contributed by atoms with van der Waals surface area (Å²) in [4.78, 5) is 23.2. The number of alkyl carbamates (subject to hydrolysis) is 1. The second kappa shape index (κ2) is 11.9. The lowest BCUT2D eigenvalue weighted by Crippen LogP contribution is -2.41. The number of nitrogens with two attached hydrogens (primary N) is 1. The van der Waals surface area contributed by atoms with Crippen molar-refractivity contribution >= 4 is 12.0 Å². The Morgan fingerprint density at radius 2 is 1.74 bits per heavy atom. The van der Waals surface area contributed by atoms with E-state index in [1.54, 1.807) is 0 Å². The number of carbonyl (C=O) groups excluding carboxylic acids is 2. The number of allylic oxidation sites excluding steroid dienone is 1. The van der Waals surface area contributed by atoms with Gasteiger partial charge in [0.15, 0.2) is 0 Å². The molecule has 0 aromatic heterocycles. The second-order valence-corrected chi connectivity index (χ2v) is 6.61. The fourth-order valence-corrected chi connectivity index (χ4v) is 1.88. The molecule has 0 aliphatic carbocycles. The molecule has 0 unspecified atom stereocenters. The Balaban J connectivity index is 3.62. The van der Waals surface area contributed by atoms with Gasteiger partial charge < -0.3 is 21.1 Å². The highest BCUT2D eigenvalue weighted by Crippen LogP contribution is 2.06. The number of amides is 2. The van der Waals surface area contributed by atoms with Crippen molar-refractivity contribution in [2.24, 2.45) is 5.73 Å². The molecular weight excluding hydrogens is 294 g/mol. The third-order valence-electron chi connectivity index (χ3n) is 3.08. The van der Waals surface area contributed by atoms with E-state index in [-0.39, 0.29) is 5.91 Å². The van der Waals surface area contributed by atoms with Gasteiger partial charge in [0.25, 0.3) is 0 Å². The van der Waals surface area contributed by atoms with Crippen LogP contribution in [0.4, 0.5) is 4.79 Å². The number of carbonyl (C=O) groups is 2. The fourth-order valence-electron chi connectivity index (χ4n) is 1.88. The van der Waals surface area contributed by atoms with Crippen LogP contribution in [0.15, 0.2) is 12.7 Å². The Kier molecular flexibility index (Phi) is 11.1. The SMILES string of the molecule is C=CCCCCNC(=O)[C@@H](N)CCCCNC(=O)OC(C)(C)C. The highest BCUT2D eigenvalue weighted by atomic mass is 16.6.